The fraction of sp³-hybridized carbons (Fsp3) is 1.00. The van der Waals surface area contributed by atoms with Crippen LogP contribution < -0.4 is 5.32 Å². The SMILES string of the molecule is CCC(CC)CNCC(C)(O)C(C)C. The minimum Gasteiger partial charge on any atom is -0.389 e. The van der Waals surface area contributed by atoms with E-state index in [4.69, 9.17) is 0 Å². The average molecular weight is 201 g/mol. The van der Waals surface area contributed by atoms with E-state index in [1.54, 1.807) is 0 Å². The minimum atomic E-state index is -0.577. The number of aliphatic hydroxyl groups is 1. The highest BCUT2D eigenvalue weighted by Crippen LogP contribution is 2.15. The first kappa shape index (κ1) is 13.9. The van der Waals surface area contributed by atoms with Crippen molar-refractivity contribution < 1.29 is 5.11 Å². The van der Waals surface area contributed by atoms with Crippen molar-refractivity contribution in [2.75, 3.05) is 13.1 Å². The molecule has 0 fully saturated rings. The Morgan fingerprint density at radius 3 is 2.07 bits per heavy atom. The maximum absolute atomic E-state index is 9.99. The van der Waals surface area contributed by atoms with Crippen LogP contribution in [0.2, 0.25) is 0 Å². The molecule has 0 saturated carbocycles. The standard InChI is InChI=1S/C12H27NO/c1-6-11(7-2)8-13-9-12(5,14)10(3)4/h10-11,13-14H,6-9H2,1-5H3. The van der Waals surface area contributed by atoms with Gasteiger partial charge >= 0.3 is 0 Å². The molecule has 0 heterocycles. The summed E-state index contributed by atoms with van der Waals surface area (Å²) in [6.45, 7) is 12.2. The summed E-state index contributed by atoms with van der Waals surface area (Å²) in [6, 6.07) is 0. The molecule has 0 radical (unpaired) electrons. The summed E-state index contributed by atoms with van der Waals surface area (Å²) in [4.78, 5) is 0. The van der Waals surface area contributed by atoms with Gasteiger partial charge in [0, 0.05) is 6.54 Å². The summed E-state index contributed by atoms with van der Waals surface area (Å²) >= 11 is 0. The van der Waals surface area contributed by atoms with E-state index in [2.05, 4.69) is 33.0 Å². The Morgan fingerprint density at radius 2 is 1.71 bits per heavy atom. The van der Waals surface area contributed by atoms with Gasteiger partial charge in [0.1, 0.15) is 0 Å². The van der Waals surface area contributed by atoms with Crippen LogP contribution in [0, 0.1) is 11.8 Å². The first-order valence-corrected chi connectivity index (χ1v) is 5.87. The summed E-state index contributed by atoms with van der Waals surface area (Å²) in [6.07, 6.45) is 2.43. The molecule has 0 aliphatic rings. The molecule has 86 valence electrons. The van der Waals surface area contributed by atoms with Gasteiger partial charge in [-0.1, -0.05) is 40.5 Å². The summed E-state index contributed by atoms with van der Waals surface area (Å²) in [7, 11) is 0. The summed E-state index contributed by atoms with van der Waals surface area (Å²) in [5.74, 6) is 1.05. The van der Waals surface area contributed by atoms with Gasteiger partial charge in [0.2, 0.25) is 0 Å². The van der Waals surface area contributed by atoms with Crippen LogP contribution in [-0.4, -0.2) is 23.8 Å². The van der Waals surface area contributed by atoms with Crippen LogP contribution in [0.4, 0.5) is 0 Å². The highest BCUT2D eigenvalue weighted by atomic mass is 16.3. The molecule has 0 bridgehead atoms. The molecule has 2 heteroatoms. The summed E-state index contributed by atoms with van der Waals surface area (Å²) < 4.78 is 0. The van der Waals surface area contributed by atoms with Crippen LogP contribution >= 0.6 is 0 Å². The molecule has 0 aromatic rings. The third-order valence-electron chi connectivity index (χ3n) is 3.31. The van der Waals surface area contributed by atoms with Gasteiger partial charge in [-0.25, -0.2) is 0 Å². The molecule has 0 aromatic heterocycles. The molecule has 0 amide bonds. The van der Waals surface area contributed by atoms with Gasteiger partial charge in [-0.15, -0.1) is 0 Å². The Kier molecular flexibility index (Phi) is 6.38. The van der Waals surface area contributed by atoms with Crippen molar-refractivity contribution in [3.63, 3.8) is 0 Å². The Hall–Kier alpha value is -0.0800. The van der Waals surface area contributed by atoms with Crippen molar-refractivity contribution in [3.05, 3.63) is 0 Å². The highest BCUT2D eigenvalue weighted by Gasteiger charge is 2.24. The van der Waals surface area contributed by atoms with Crippen molar-refractivity contribution in [2.24, 2.45) is 11.8 Å². The Morgan fingerprint density at radius 1 is 1.21 bits per heavy atom. The largest absolute Gasteiger partial charge is 0.389 e. The number of rotatable bonds is 7. The van der Waals surface area contributed by atoms with Crippen molar-refractivity contribution >= 4 is 0 Å². The van der Waals surface area contributed by atoms with Crippen LogP contribution in [0.5, 0.6) is 0 Å². The molecule has 2 nitrogen and oxygen atoms in total. The van der Waals surface area contributed by atoms with E-state index in [1.165, 1.54) is 12.8 Å². The zero-order chi connectivity index (χ0) is 11.2. The highest BCUT2D eigenvalue weighted by molar-refractivity contribution is 4.79. The van der Waals surface area contributed by atoms with E-state index in [-0.39, 0.29) is 0 Å². The minimum absolute atomic E-state index is 0.303. The van der Waals surface area contributed by atoms with Gasteiger partial charge in [-0.3, -0.25) is 0 Å². The zero-order valence-corrected chi connectivity index (χ0v) is 10.4. The van der Waals surface area contributed by atoms with Crippen LogP contribution in [0.3, 0.4) is 0 Å². The predicted octanol–water partition coefficient (Wildman–Crippen LogP) is 2.42. The molecular weight excluding hydrogens is 174 g/mol. The van der Waals surface area contributed by atoms with Gasteiger partial charge in [0.15, 0.2) is 0 Å². The van der Waals surface area contributed by atoms with Crippen molar-refractivity contribution in [1.82, 2.24) is 5.32 Å². The lowest BCUT2D eigenvalue weighted by Gasteiger charge is -2.28. The van der Waals surface area contributed by atoms with E-state index in [0.717, 1.165) is 12.5 Å². The molecule has 0 saturated heterocycles. The number of nitrogens with one attached hydrogen (secondary N) is 1. The molecular formula is C12H27NO. The first-order valence-electron chi connectivity index (χ1n) is 5.87. The number of hydrogen-bond acceptors (Lipinski definition) is 2. The van der Waals surface area contributed by atoms with Crippen LogP contribution in [-0.2, 0) is 0 Å². The maximum atomic E-state index is 9.99. The van der Waals surface area contributed by atoms with Gasteiger partial charge in [0.25, 0.3) is 0 Å². The Balaban J connectivity index is 3.72. The second kappa shape index (κ2) is 6.41. The predicted molar refractivity (Wildman–Crippen MR) is 62.4 cm³/mol. The van der Waals surface area contributed by atoms with Gasteiger partial charge < -0.3 is 10.4 Å². The van der Waals surface area contributed by atoms with E-state index < -0.39 is 5.60 Å². The lowest BCUT2D eigenvalue weighted by molar-refractivity contribution is 0.0135. The maximum Gasteiger partial charge on any atom is 0.0766 e. The lowest BCUT2D eigenvalue weighted by atomic mass is 9.92. The second-order valence-corrected chi connectivity index (χ2v) is 4.83. The zero-order valence-electron chi connectivity index (χ0n) is 10.4. The molecule has 1 unspecified atom stereocenters. The van der Waals surface area contributed by atoms with E-state index in [0.29, 0.717) is 12.5 Å². The molecule has 0 rings (SSSR count). The summed E-state index contributed by atoms with van der Waals surface area (Å²) in [5, 5.41) is 13.3. The number of hydrogen-bond donors (Lipinski definition) is 2. The van der Waals surface area contributed by atoms with Crippen LogP contribution in [0.25, 0.3) is 0 Å². The first-order chi connectivity index (χ1) is 6.44. The average Bonchev–Trinajstić information content (AvgIpc) is 2.12. The third-order valence-corrected chi connectivity index (χ3v) is 3.31. The monoisotopic (exact) mass is 201 g/mol. The van der Waals surface area contributed by atoms with Crippen LogP contribution in [0.15, 0.2) is 0 Å². The Bertz CT molecular complexity index is 139. The second-order valence-electron chi connectivity index (χ2n) is 4.83. The fourth-order valence-corrected chi connectivity index (χ4v) is 1.31. The molecule has 0 spiro atoms. The normalized spacial score (nSPS) is 16.3. The fourth-order valence-electron chi connectivity index (χ4n) is 1.31. The third kappa shape index (κ3) is 4.97. The van der Waals surface area contributed by atoms with E-state index in [9.17, 15) is 5.11 Å². The molecule has 1 atom stereocenters. The molecule has 14 heavy (non-hydrogen) atoms. The smallest absolute Gasteiger partial charge is 0.0766 e. The Labute approximate surface area is 89.1 Å². The molecule has 2 N–H and O–H groups in total. The quantitative estimate of drug-likeness (QED) is 0.663. The molecule has 0 aliphatic carbocycles. The molecule has 0 aliphatic heterocycles. The van der Waals surface area contributed by atoms with Crippen LogP contribution in [0.1, 0.15) is 47.5 Å². The van der Waals surface area contributed by atoms with Gasteiger partial charge in [-0.05, 0) is 25.3 Å². The van der Waals surface area contributed by atoms with Crippen molar-refractivity contribution in [2.45, 2.75) is 53.1 Å². The van der Waals surface area contributed by atoms with E-state index >= 15 is 0 Å². The van der Waals surface area contributed by atoms with Crippen molar-refractivity contribution in [3.8, 4) is 0 Å². The summed E-state index contributed by atoms with van der Waals surface area (Å²) in [5.41, 5.74) is -0.577. The van der Waals surface area contributed by atoms with Gasteiger partial charge in [0.05, 0.1) is 5.60 Å². The molecule has 0 aromatic carbocycles. The van der Waals surface area contributed by atoms with Gasteiger partial charge in [-0.2, -0.15) is 0 Å². The lowest BCUT2D eigenvalue weighted by Crippen LogP contribution is -2.43. The van der Waals surface area contributed by atoms with Crippen molar-refractivity contribution in [1.29, 1.82) is 0 Å². The topological polar surface area (TPSA) is 32.3 Å². The van der Waals surface area contributed by atoms with E-state index in [1.807, 2.05) is 6.92 Å².